The molecule has 5 nitrogen and oxygen atoms in total. The number of benzene rings is 2. The van der Waals surface area contributed by atoms with Crippen molar-refractivity contribution in [3.63, 3.8) is 0 Å². The van der Waals surface area contributed by atoms with E-state index in [2.05, 4.69) is 32.1 Å². The number of hydrogen-bond donors (Lipinski definition) is 3. The average Bonchev–Trinajstić information content (AvgIpc) is 2.59. The molecule has 0 aliphatic rings. The minimum Gasteiger partial charge on any atom is -0.298 e. The average molecular weight is 439 g/mol. The molecule has 0 heterocycles. The number of carbonyl (C=O) groups excluding carboxylic acids is 2. The Kier molecular flexibility index (Phi) is 7.12. The minimum absolute atomic E-state index is 0.0331. The van der Waals surface area contributed by atoms with E-state index in [0.29, 0.717) is 20.6 Å². The molecule has 0 aliphatic carbocycles. The van der Waals surface area contributed by atoms with Gasteiger partial charge in [0.05, 0.1) is 5.56 Å². The molecule has 0 unspecified atom stereocenters. The van der Waals surface area contributed by atoms with E-state index in [1.807, 2.05) is 6.07 Å². The van der Waals surface area contributed by atoms with Crippen LogP contribution < -0.4 is 16.2 Å². The summed E-state index contributed by atoms with van der Waals surface area (Å²) < 4.78 is 0.645. The molecule has 2 aromatic carbocycles. The van der Waals surface area contributed by atoms with Crippen molar-refractivity contribution in [2.75, 3.05) is 0 Å². The first-order valence-electron chi connectivity index (χ1n) is 7.06. The molecule has 0 bridgehead atoms. The summed E-state index contributed by atoms with van der Waals surface area (Å²) in [6.07, 6.45) is 2.87. The van der Waals surface area contributed by atoms with E-state index >= 15 is 0 Å². The van der Waals surface area contributed by atoms with Crippen LogP contribution in [-0.4, -0.2) is 16.9 Å². The molecular formula is C17H13BrClN3O2S. The van der Waals surface area contributed by atoms with Crippen LogP contribution in [0.3, 0.4) is 0 Å². The molecular weight excluding hydrogens is 426 g/mol. The van der Waals surface area contributed by atoms with Gasteiger partial charge in [-0.25, -0.2) is 0 Å². The summed E-state index contributed by atoms with van der Waals surface area (Å²) in [7, 11) is 0. The second-order valence-corrected chi connectivity index (χ2v) is 6.40. The molecule has 128 valence electrons. The van der Waals surface area contributed by atoms with Gasteiger partial charge in [-0.15, -0.1) is 0 Å². The molecule has 0 atom stereocenters. The normalized spacial score (nSPS) is 10.3. The van der Waals surface area contributed by atoms with Crippen LogP contribution in [0.4, 0.5) is 0 Å². The summed E-state index contributed by atoms with van der Waals surface area (Å²) in [4.78, 5) is 23.8. The van der Waals surface area contributed by atoms with Gasteiger partial charge in [-0.05, 0) is 58.0 Å². The Balaban J connectivity index is 1.84. The summed E-state index contributed by atoms with van der Waals surface area (Å²) in [5, 5.41) is 2.92. The molecule has 0 radical (unpaired) electrons. The number of hydrazine groups is 1. The van der Waals surface area contributed by atoms with Gasteiger partial charge >= 0.3 is 0 Å². The highest BCUT2D eigenvalue weighted by atomic mass is 79.9. The zero-order chi connectivity index (χ0) is 18.2. The second-order valence-electron chi connectivity index (χ2n) is 4.73. The van der Waals surface area contributed by atoms with Crippen LogP contribution >= 0.6 is 39.7 Å². The maximum atomic E-state index is 12.0. The fourth-order valence-electron chi connectivity index (χ4n) is 1.79. The smallest absolute Gasteiger partial charge is 0.270 e. The lowest BCUT2D eigenvalue weighted by Crippen LogP contribution is -2.48. The van der Waals surface area contributed by atoms with Crippen LogP contribution in [0.15, 0.2) is 59.1 Å². The number of halogens is 2. The van der Waals surface area contributed by atoms with Gasteiger partial charge in [0, 0.05) is 15.6 Å². The first-order valence-corrected chi connectivity index (χ1v) is 8.63. The Morgan fingerprint density at radius 1 is 1.04 bits per heavy atom. The lowest BCUT2D eigenvalue weighted by Gasteiger charge is -2.10. The van der Waals surface area contributed by atoms with Crippen molar-refractivity contribution in [1.82, 2.24) is 16.2 Å². The molecule has 0 aromatic heterocycles. The van der Waals surface area contributed by atoms with Gasteiger partial charge in [-0.3, -0.25) is 25.8 Å². The van der Waals surface area contributed by atoms with Crippen molar-refractivity contribution < 1.29 is 9.59 Å². The molecule has 2 aromatic rings. The Hall–Kier alpha value is -2.22. The lowest BCUT2D eigenvalue weighted by molar-refractivity contribution is -0.115. The standard InChI is InChI=1S/C17H13BrClN3O2S/c18-13-7-3-2-6-12(13)16(24)21-22-17(25)20-15(23)10-9-11-5-1-4-8-14(11)19/h1-10H,(H,21,24)(H2,20,22,23,25)/b10-9+. The number of rotatable bonds is 3. The van der Waals surface area contributed by atoms with E-state index in [0.717, 1.165) is 0 Å². The summed E-state index contributed by atoms with van der Waals surface area (Å²) >= 11 is 14.2. The van der Waals surface area contributed by atoms with Gasteiger partial charge in [0.2, 0.25) is 5.91 Å². The summed E-state index contributed by atoms with van der Waals surface area (Å²) in [5.74, 6) is -0.844. The molecule has 2 amide bonds. The highest BCUT2D eigenvalue weighted by Gasteiger charge is 2.09. The largest absolute Gasteiger partial charge is 0.298 e. The lowest BCUT2D eigenvalue weighted by atomic mass is 10.2. The molecule has 0 spiro atoms. The minimum atomic E-state index is -0.451. The molecule has 0 saturated heterocycles. The highest BCUT2D eigenvalue weighted by molar-refractivity contribution is 9.10. The van der Waals surface area contributed by atoms with E-state index in [1.165, 1.54) is 6.08 Å². The van der Waals surface area contributed by atoms with Crippen molar-refractivity contribution in [2.45, 2.75) is 0 Å². The monoisotopic (exact) mass is 437 g/mol. The van der Waals surface area contributed by atoms with Crippen LogP contribution in [0.1, 0.15) is 15.9 Å². The molecule has 25 heavy (non-hydrogen) atoms. The zero-order valence-electron chi connectivity index (χ0n) is 12.8. The van der Waals surface area contributed by atoms with Crippen molar-refractivity contribution in [2.24, 2.45) is 0 Å². The van der Waals surface area contributed by atoms with Gasteiger partial charge in [0.1, 0.15) is 0 Å². The summed E-state index contributed by atoms with van der Waals surface area (Å²) in [5.41, 5.74) is 6.02. The van der Waals surface area contributed by atoms with Crippen molar-refractivity contribution in [1.29, 1.82) is 0 Å². The maximum absolute atomic E-state index is 12.0. The Morgan fingerprint density at radius 3 is 2.44 bits per heavy atom. The number of hydrogen-bond acceptors (Lipinski definition) is 3. The number of carbonyl (C=O) groups is 2. The van der Waals surface area contributed by atoms with Crippen molar-refractivity contribution in [3.8, 4) is 0 Å². The zero-order valence-corrected chi connectivity index (χ0v) is 15.9. The van der Waals surface area contributed by atoms with Crippen molar-refractivity contribution >= 4 is 62.8 Å². The predicted octanol–water partition coefficient (Wildman–Crippen LogP) is 3.45. The first kappa shape index (κ1) is 19.1. The molecule has 0 fully saturated rings. The molecule has 8 heteroatoms. The van der Waals surface area contributed by atoms with Gasteiger partial charge in [-0.2, -0.15) is 0 Å². The third-order valence-corrected chi connectivity index (χ3v) is 4.20. The van der Waals surface area contributed by atoms with Gasteiger partial charge in [0.25, 0.3) is 5.91 Å². The highest BCUT2D eigenvalue weighted by Crippen LogP contribution is 2.16. The number of nitrogens with one attached hydrogen (secondary N) is 3. The molecule has 0 aliphatic heterocycles. The van der Waals surface area contributed by atoms with Gasteiger partial charge in [-0.1, -0.05) is 41.9 Å². The van der Waals surface area contributed by atoms with Gasteiger partial charge in [0.15, 0.2) is 5.11 Å². The van der Waals surface area contributed by atoms with Gasteiger partial charge < -0.3 is 0 Å². The predicted molar refractivity (Wildman–Crippen MR) is 106 cm³/mol. The summed E-state index contributed by atoms with van der Waals surface area (Å²) in [6, 6.07) is 14.0. The molecule has 0 saturated carbocycles. The topological polar surface area (TPSA) is 70.2 Å². The van der Waals surface area contributed by atoms with Crippen LogP contribution in [0.5, 0.6) is 0 Å². The molecule has 2 rings (SSSR count). The van der Waals surface area contributed by atoms with Crippen LogP contribution in [0, 0.1) is 0 Å². The van der Waals surface area contributed by atoms with Crippen LogP contribution in [0.25, 0.3) is 6.08 Å². The van der Waals surface area contributed by atoms with Crippen molar-refractivity contribution in [3.05, 3.63) is 75.2 Å². The van der Waals surface area contributed by atoms with E-state index in [-0.39, 0.29) is 5.11 Å². The fourth-order valence-corrected chi connectivity index (χ4v) is 2.60. The Labute approximate surface area is 163 Å². The third-order valence-electron chi connectivity index (χ3n) is 2.96. The Morgan fingerprint density at radius 2 is 1.72 bits per heavy atom. The fraction of sp³-hybridized carbons (Fsp3) is 0. The third kappa shape index (κ3) is 5.97. The second kappa shape index (κ2) is 9.31. The van der Waals surface area contributed by atoms with E-state index in [1.54, 1.807) is 48.5 Å². The summed E-state index contributed by atoms with van der Waals surface area (Å²) in [6.45, 7) is 0. The van der Waals surface area contributed by atoms with E-state index in [4.69, 9.17) is 23.8 Å². The van der Waals surface area contributed by atoms with Crippen LogP contribution in [0.2, 0.25) is 5.02 Å². The van der Waals surface area contributed by atoms with E-state index < -0.39 is 11.8 Å². The number of amides is 2. The van der Waals surface area contributed by atoms with Crippen LogP contribution in [-0.2, 0) is 4.79 Å². The maximum Gasteiger partial charge on any atom is 0.270 e. The number of thiocarbonyl (C=S) groups is 1. The molecule has 3 N–H and O–H groups in total. The quantitative estimate of drug-likeness (QED) is 0.390. The first-order chi connectivity index (χ1) is 12.0. The SMILES string of the molecule is O=C(/C=C/c1ccccc1Cl)NC(=S)NNC(=O)c1ccccc1Br. The Bertz CT molecular complexity index is 842. The van der Waals surface area contributed by atoms with E-state index in [9.17, 15) is 9.59 Å².